The van der Waals surface area contributed by atoms with Gasteiger partial charge in [-0.3, -0.25) is 4.79 Å². The van der Waals surface area contributed by atoms with Crippen LogP contribution in [0.3, 0.4) is 0 Å². The van der Waals surface area contributed by atoms with Crippen LogP contribution in [0.5, 0.6) is 10.9 Å². The van der Waals surface area contributed by atoms with Crippen molar-refractivity contribution in [2.75, 3.05) is 0 Å². The Hall–Kier alpha value is -1.88. The van der Waals surface area contributed by atoms with Crippen LogP contribution >= 0.6 is 11.3 Å². The van der Waals surface area contributed by atoms with Crippen molar-refractivity contribution >= 4 is 17.3 Å². The SMILES string of the molecule is CC(C)OC(=O)C(C)c1ccc(Oc2nccs2)cc1. The average Bonchev–Trinajstić information content (AvgIpc) is 2.91. The van der Waals surface area contributed by atoms with Crippen LogP contribution in [0.4, 0.5) is 0 Å². The van der Waals surface area contributed by atoms with Crippen molar-refractivity contribution in [1.29, 1.82) is 0 Å². The molecule has 0 amide bonds. The van der Waals surface area contributed by atoms with Crippen molar-refractivity contribution in [2.24, 2.45) is 0 Å². The van der Waals surface area contributed by atoms with Gasteiger partial charge in [0.2, 0.25) is 0 Å². The van der Waals surface area contributed by atoms with Gasteiger partial charge in [-0.2, -0.15) is 0 Å². The van der Waals surface area contributed by atoms with Gasteiger partial charge in [-0.25, -0.2) is 4.98 Å². The molecule has 0 bridgehead atoms. The Balaban J connectivity index is 2.02. The number of carbonyl (C=O) groups is 1. The summed E-state index contributed by atoms with van der Waals surface area (Å²) in [7, 11) is 0. The monoisotopic (exact) mass is 291 g/mol. The topological polar surface area (TPSA) is 48.4 Å². The molecular formula is C15H17NO3S. The van der Waals surface area contributed by atoms with E-state index in [9.17, 15) is 4.79 Å². The summed E-state index contributed by atoms with van der Waals surface area (Å²) in [5, 5.41) is 2.46. The molecule has 2 aromatic rings. The molecule has 5 heteroatoms. The maximum absolute atomic E-state index is 11.8. The molecule has 0 aliphatic rings. The molecule has 0 radical (unpaired) electrons. The second kappa shape index (κ2) is 6.52. The molecule has 0 aliphatic carbocycles. The van der Waals surface area contributed by atoms with E-state index >= 15 is 0 Å². The van der Waals surface area contributed by atoms with E-state index in [0.29, 0.717) is 10.9 Å². The van der Waals surface area contributed by atoms with Gasteiger partial charge in [0.15, 0.2) is 0 Å². The van der Waals surface area contributed by atoms with E-state index in [1.165, 1.54) is 11.3 Å². The third kappa shape index (κ3) is 3.81. The maximum atomic E-state index is 11.8. The lowest BCUT2D eigenvalue weighted by molar-refractivity contribution is -0.148. The van der Waals surface area contributed by atoms with Gasteiger partial charge >= 0.3 is 5.97 Å². The first-order valence-corrected chi connectivity index (χ1v) is 7.32. The van der Waals surface area contributed by atoms with Gasteiger partial charge in [-0.1, -0.05) is 23.5 Å². The fourth-order valence-corrected chi connectivity index (χ4v) is 2.16. The molecule has 0 saturated heterocycles. The Labute approximate surface area is 122 Å². The highest BCUT2D eigenvalue weighted by Gasteiger charge is 2.17. The minimum Gasteiger partial charge on any atom is -0.463 e. The molecule has 2 rings (SSSR count). The number of aromatic nitrogens is 1. The summed E-state index contributed by atoms with van der Waals surface area (Å²) < 4.78 is 10.8. The summed E-state index contributed by atoms with van der Waals surface area (Å²) in [5.41, 5.74) is 0.905. The number of carbonyl (C=O) groups excluding carboxylic acids is 1. The zero-order valence-electron chi connectivity index (χ0n) is 11.7. The van der Waals surface area contributed by atoms with Crippen molar-refractivity contribution in [2.45, 2.75) is 32.8 Å². The lowest BCUT2D eigenvalue weighted by atomic mass is 10.0. The fourth-order valence-electron chi connectivity index (χ4n) is 1.66. The van der Waals surface area contributed by atoms with Gasteiger partial charge in [0.05, 0.1) is 12.0 Å². The Morgan fingerprint density at radius 3 is 2.45 bits per heavy atom. The summed E-state index contributed by atoms with van der Waals surface area (Å²) in [5.74, 6) is 0.202. The summed E-state index contributed by atoms with van der Waals surface area (Å²) >= 11 is 1.43. The van der Waals surface area contributed by atoms with Gasteiger partial charge in [-0.05, 0) is 38.5 Å². The molecule has 4 nitrogen and oxygen atoms in total. The molecule has 20 heavy (non-hydrogen) atoms. The van der Waals surface area contributed by atoms with E-state index in [1.54, 1.807) is 6.20 Å². The number of hydrogen-bond acceptors (Lipinski definition) is 5. The van der Waals surface area contributed by atoms with Crippen LogP contribution in [0.25, 0.3) is 0 Å². The van der Waals surface area contributed by atoms with E-state index in [2.05, 4.69) is 4.98 Å². The largest absolute Gasteiger partial charge is 0.463 e. The Bertz CT molecular complexity index is 549. The Kier molecular flexibility index (Phi) is 4.74. The molecular weight excluding hydrogens is 274 g/mol. The second-order valence-electron chi connectivity index (χ2n) is 4.68. The highest BCUT2D eigenvalue weighted by molar-refractivity contribution is 7.11. The third-order valence-corrected chi connectivity index (χ3v) is 3.35. The van der Waals surface area contributed by atoms with Gasteiger partial charge in [0, 0.05) is 11.6 Å². The Morgan fingerprint density at radius 2 is 1.90 bits per heavy atom. The highest BCUT2D eigenvalue weighted by Crippen LogP contribution is 2.25. The number of ether oxygens (including phenoxy) is 2. The molecule has 106 valence electrons. The summed E-state index contributed by atoms with van der Waals surface area (Å²) in [6.45, 7) is 5.52. The third-order valence-electron chi connectivity index (χ3n) is 2.70. The molecule has 0 N–H and O–H groups in total. The summed E-state index contributed by atoms with van der Waals surface area (Å²) in [6.07, 6.45) is 1.59. The van der Waals surface area contributed by atoms with Crippen molar-refractivity contribution in [3.05, 3.63) is 41.4 Å². The number of esters is 1. The van der Waals surface area contributed by atoms with Crippen LogP contribution in [0.15, 0.2) is 35.8 Å². The summed E-state index contributed by atoms with van der Waals surface area (Å²) in [4.78, 5) is 15.9. The zero-order chi connectivity index (χ0) is 14.5. The van der Waals surface area contributed by atoms with E-state index in [0.717, 1.165) is 5.56 Å². The predicted molar refractivity (Wildman–Crippen MR) is 78.3 cm³/mol. The second-order valence-corrected chi connectivity index (χ2v) is 5.53. The maximum Gasteiger partial charge on any atom is 0.313 e. The lowest BCUT2D eigenvalue weighted by Crippen LogP contribution is -2.17. The smallest absolute Gasteiger partial charge is 0.313 e. The standard InChI is InChI=1S/C15H17NO3S/c1-10(2)18-14(17)11(3)12-4-6-13(7-5-12)19-15-16-8-9-20-15/h4-11H,1-3H3. The molecule has 0 saturated carbocycles. The van der Waals surface area contributed by atoms with E-state index in [4.69, 9.17) is 9.47 Å². The van der Waals surface area contributed by atoms with E-state index in [-0.39, 0.29) is 18.0 Å². The number of thiazole rings is 1. The van der Waals surface area contributed by atoms with Crippen LogP contribution in [-0.4, -0.2) is 17.1 Å². The van der Waals surface area contributed by atoms with E-state index < -0.39 is 0 Å². The van der Waals surface area contributed by atoms with Crippen molar-refractivity contribution in [3.63, 3.8) is 0 Å². The molecule has 1 unspecified atom stereocenters. The first-order valence-electron chi connectivity index (χ1n) is 6.44. The lowest BCUT2D eigenvalue weighted by Gasteiger charge is -2.14. The van der Waals surface area contributed by atoms with Gasteiger partial charge in [0.25, 0.3) is 5.19 Å². The van der Waals surface area contributed by atoms with E-state index in [1.807, 2.05) is 50.4 Å². The van der Waals surface area contributed by atoms with Crippen molar-refractivity contribution in [1.82, 2.24) is 4.98 Å². The molecule has 0 aliphatic heterocycles. The number of nitrogens with zero attached hydrogens (tertiary/aromatic N) is 1. The van der Waals surface area contributed by atoms with Gasteiger partial charge < -0.3 is 9.47 Å². The van der Waals surface area contributed by atoms with Crippen LogP contribution in [-0.2, 0) is 9.53 Å². The number of rotatable bonds is 5. The number of benzene rings is 1. The van der Waals surface area contributed by atoms with Crippen molar-refractivity contribution in [3.8, 4) is 10.9 Å². The first kappa shape index (κ1) is 14.5. The molecule has 1 aromatic heterocycles. The minimum atomic E-state index is -0.286. The predicted octanol–water partition coefficient (Wildman–Crippen LogP) is 3.99. The van der Waals surface area contributed by atoms with Crippen LogP contribution < -0.4 is 4.74 Å². The van der Waals surface area contributed by atoms with Crippen LogP contribution in [0.2, 0.25) is 0 Å². The quantitative estimate of drug-likeness (QED) is 0.781. The zero-order valence-corrected chi connectivity index (χ0v) is 12.5. The first-order chi connectivity index (χ1) is 9.56. The molecule has 1 heterocycles. The Morgan fingerprint density at radius 1 is 1.20 bits per heavy atom. The average molecular weight is 291 g/mol. The summed E-state index contributed by atoms with van der Waals surface area (Å²) in [6, 6.07) is 7.40. The van der Waals surface area contributed by atoms with Gasteiger partial charge in [0.1, 0.15) is 5.75 Å². The highest BCUT2D eigenvalue weighted by atomic mass is 32.1. The van der Waals surface area contributed by atoms with Crippen molar-refractivity contribution < 1.29 is 14.3 Å². The van der Waals surface area contributed by atoms with Crippen LogP contribution in [0.1, 0.15) is 32.3 Å². The molecule has 0 fully saturated rings. The fraction of sp³-hybridized carbons (Fsp3) is 0.333. The minimum absolute atomic E-state index is 0.0996. The normalized spacial score (nSPS) is 12.2. The van der Waals surface area contributed by atoms with Gasteiger partial charge in [-0.15, -0.1) is 0 Å². The molecule has 1 atom stereocenters. The molecule has 0 spiro atoms. The number of hydrogen-bond donors (Lipinski definition) is 0. The molecule has 1 aromatic carbocycles. The van der Waals surface area contributed by atoms with Crippen LogP contribution in [0, 0.1) is 0 Å².